The Labute approximate surface area is 117 Å². The third-order valence-electron chi connectivity index (χ3n) is 2.55. The van der Waals surface area contributed by atoms with E-state index in [1.54, 1.807) is 6.07 Å². The maximum Gasteiger partial charge on any atom is 0.235 e. The average Bonchev–Trinajstić information content (AvgIpc) is 2.38. The van der Waals surface area contributed by atoms with E-state index in [9.17, 15) is 4.79 Å². The molecule has 1 amide bonds. The van der Waals surface area contributed by atoms with Crippen LogP contribution in [-0.2, 0) is 4.79 Å². The highest BCUT2D eigenvalue weighted by atomic mass is 32.2. The molecule has 0 bridgehead atoms. The van der Waals surface area contributed by atoms with Crippen LogP contribution in [0, 0.1) is 13.8 Å². The predicted octanol–water partition coefficient (Wildman–Crippen LogP) is 3.43. The maximum atomic E-state index is 11.8. The van der Waals surface area contributed by atoms with E-state index >= 15 is 0 Å². The topological polar surface area (TPSA) is 42.0 Å². The van der Waals surface area contributed by atoms with Crippen LogP contribution in [0.5, 0.6) is 0 Å². The number of benzene rings is 1. The van der Waals surface area contributed by atoms with Gasteiger partial charge >= 0.3 is 0 Å². The van der Waals surface area contributed by atoms with E-state index in [2.05, 4.69) is 10.3 Å². The van der Waals surface area contributed by atoms with Gasteiger partial charge in [0, 0.05) is 10.6 Å². The summed E-state index contributed by atoms with van der Waals surface area (Å²) in [5.74, 6) is 0.955. The number of rotatable bonds is 4. The molecule has 0 saturated heterocycles. The van der Waals surface area contributed by atoms with Crippen molar-refractivity contribution in [2.75, 3.05) is 11.1 Å². The van der Waals surface area contributed by atoms with Crippen molar-refractivity contribution in [3.8, 4) is 0 Å². The fourth-order valence-corrected chi connectivity index (χ4v) is 2.27. The van der Waals surface area contributed by atoms with E-state index in [1.807, 2.05) is 50.2 Å². The average molecular weight is 272 g/mol. The highest BCUT2D eigenvalue weighted by Gasteiger charge is 2.04. The van der Waals surface area contributed by atoms with Gasteiger partial charge in [0.25, 0.3) is 0 Å². The summed E-state index contributed by atoms with van der Waals surface area (Å²) >= 11 is 1.52. The van der Waals surface area contributed by atoms with Gasteiger partial charge in [-0.1, -0.05) is 23.8 Å². The lowest BCUT2D eigenvalue weighted by molar-refractivity contribution is -0.113. The Hall–Kier alpha value is -1.81. The van der Waals surface area contributed by atoms with Crippen LogP contribution in [0.25, 0.3) is 0 Å². The van der Waals surface area contributed by atoms with Gasteiger partial charge < -0.3 is 5.32 Å². The molecule has 98 valence electrons. The number of hydrogen-bond acceptors (Lipinski definition) is 3. The first kappa shape index (κ1) is 13.6. The van der Waals surface area contributed by atoms with Crippen molar-refractivity contribution in [2.45, 2.75) is 18.7 Å². The van der Waals surface area contributed by atoms with Crippen molar-refractivity contribution in [2.24, 2.45) is 0 Å². The molecule has 1 heterocycles. The smallest absolute Gasteiger partial charge is 0.235 e. The lowest BCUT2D eigenvalue weighted by Gasteiger charge is -2.05. The molecule has 1 aromatic carbocycles. The van der Waals surface area contributed by atoms with Crippen LogP contribution in [0.1, 0.15) is 11.3 Å². The number of anilines is 1. The Kier molecular flexibility index (Phi) is 4.58. The molecule has 3 nitrogen and oxygen atoms in total. The Morgan fingerprint density at radius 1 is 1.16 bits per heavy atom. The molecule has 0 aliphatic rings. The monoisotopic (exact) mass is 272 g/mol. The first-order valence-electron chi connectivity index (χ1n) is 6.06. The number of carbonyl (C=O) groups is 1. The minimum absolute atomic E-state index is 0.0383. The molecule has 1 aromatic heterocycles. The number of amides is 1. The van der Waals surface area contributed by atoms with Gasteiger partial charge in [-0.3, -0.25) is 4.79 Å². The van der Waals surface area contributed by atoms with Gasteiger partial charge in [0.05, 0.1) is 5.75 Å². The van der Waals surface area contributed by atoms with Crippen LogP contribution in [0.2, 0.25) is 0 Å². The van der Waals surface area contributed by atoms with Crippen LogP contribution in [0.3, 0.4) is 0 Å². The minimum atomic E-state index is -0.0383. The van der Waals surface area contributed by atoms with Crippen LogP contribution >= 0.6 is 11.8 Å². The summed E-state index contributed by atoms with van der Waals surface area (Å²) in [5, 5.41) is 2.79. The lowest BCUT2D eigenvalue weighted by atomic mass is 10.2. The number of pyridine rings is 1. The molecule has 0 aliphatic carbocycles. The molecule has 0 spiro atoms. The van der Waals surface area contributed by atoms with E-state index in [4.69, 9.17) is 0 Å². The third-order valence-corrected chi connectivity index (χ3v) is 3.56. The number of thioether (sulfide) groups is 1. The second-order valence-electron chi connectivity index (χ2n) is 4.31. The Morgan fingerprint density at radius 3 is 2.58 bits per heavy atom. The number of hydrogen-bond donors (Lipinski definition) is 1. The second-order valence-corrected chi connectivity index (χ2v) is 5.36. The van der Waals surface area contributed by atoms with Gasteiger partial charge in [0.15, 0.2) is 0 Å². The molecule has 0 saturated carbocycles. The number of nitrogens with zero attached hydrogens (tertiary/aromatic N) is 1. The van der Waals surface area contributed by atoms with Crippen molar-refractivity contribution in [3.63, 3.8) is 0 Å². The maximum absolute atomic E-state index is 11.8. The number of aryl methyl sites for hydroxylation is 2. The number of nitrogens with one attached hydrogen (secondary N) is 1. The van der Waals surface area contributed by atoms with Gasteiger partial charge in [-0.15, -0.1) is 11.8 Å². The van der Waals surface area contributed by atoms with Crippen LogP contribution in [-0.4, -0.2) is 16.6 Å². The summed E-state index contributed by atoms with van der Waals surface area (Å²) in [4.78, 5) is 17.1. The molecule has 2 aromatic rings. The summed E-state index contributed by atoms with van der Waals surface area (Å²) in [6, 6.07) is 13.7. The fraction of sp³-hybridized carbons (Fsp3) is 0.200. The molecule has 19 heavy (non-hydrogen) atoms. The molecule has 0 atom stereocenters. The SMILES string of the molecule is Cc1ccc(SCC(=O)Nc2cccc(C)n2)cc1. The lowest BCUT2D eigenvalue weighted by Crippen LogP contribution is -2.15. The van der Waals surface area contributed by atoms with Gasteiger partial charge in [-0.2, -0.15) is 0 Å². The molecular formula is C15H16N2OS. The van der Waals surface area contributed by atoms with Crippen molar-refractivity contribution < 1.29 is 4.79 Å². The van der Waals surface area contributed by atoms with E-state index in [1.165, 1.54) is 17.3 Å². The summed E-state index contributed by atoms with van der Waals surface area (Å²) in [5.41, 5.74) is 2.11. The molecule has 0 radical (unpaired) electrons. The Bertz CT molecular complexity index is 567. The molecule has 0 aliphatic heterocycles. The Balaban J connectivity index is 1.86. The fourth-order valence-electron chi connectivity index (χ4n) is 1.57. The zero-order valence-electron chi connectivity index (χ0n) is 11.0. The second kappa shape index (κ2) is 6.38. The summed E-state index contributed by atoms with van der Waals surface area (Å²) < 4.78 is 0. The normalized spacial score (nSPS) is 10.2. The van der Waals surface area contributed by atoms with E-state index in [0.717, 1.165) is 10.6 Å². The van der Waals surface area contributed by atoms with Crippen molar-refractivity contribution in [1.29, 1.82) is 0 Å². The highest BCUT2D eigenvalue weighted by Crippen LogP contribution is 2.18. The van der Waals surface area contributed by atoms with Crippen LogP contribution in [0.4, 0.5) is 5.82 Å². The quantitative estimate of drug-likeness (QED) is 0.867. The zero-order valence-corrected chi connectivity index (χ0v) is 11.8. The van der Waals surface area contributed by atoms with Gasteiger partial charge in [0.2, 0.25) is 5.91 Å². The number of aromatic nitrogens is 1. The van der Waals surface area contributed by atoms with Gasteiger partial charge in [0.1, 0.15) is 5.82 Å². The van der Waals surface area contributed by atoms with E-state index in [0.29, 0.717) is 11.6 Å². The molecule has 1 N–H and O–H groups in total. The first-order valence-corrected chi connectivity index (χ1v) is 7.05. The summed E-state index contributed by atoms with van der Waals surface area (Å²) in [6.07, 6.45) is 0. The molecule has 0 fully saturated rings. The van der Waals surface area contributed by atoms with Crippen molar-refractivity contribution in [1.82, 2.24) is 4.98 Å². The zero-order chi connectivity index (χ0) is 13.7. The first-order chi connectivity index (χ1) is 9.13. The van der Waals surface area contributed by atoms with Gasteiger partial charge in [-0.05, 0) is 38.1 Å². The van der Waals surface area contributed by atoms with E-state index in [-0.39, 0.29) is 5.91 Å². The largest absolute Gasteiger partial charge is 0.310 e. The molecule has 4 heteroatoms. The van der Waals surface area contributed by atoms with Gasteiger partial charge in [-0.25, -0.2) is 4.98 Å². The van der Waals surface area contributed by atoms with Crippen LogP contribution < -0.4 is 5.32 Å². The van der Waals surface area contributed by atoms with Crippen molar-refractivity contribution >= 4 is 23.5 Å². The van der Waals surface area contributed by atoms with Crippen molar-refractivity contribution in [3.05, 3.63) is 53.7 Å². The Morgan fingerprint density at radius 2 is 1.89 bits per heavy atom. The predicted molar refractivity (Wildman–Crippen MR) is 79.5 cm³/mol. The third kappa shape index (κ3) is 4.41. The summed E-state index contributed by atoms with van der Waals surface area (Å²) in [7, 11) is 0. The minimum Gasteiger partial charge on any atom is -0.310 e. The van der Waals surface area contributed by atoms with Crippen LogP contribution in [0.15, 0.2) is 47.4 Å². The standard InChI is InChI=1S/C15H16N2OS/c1-11-6-8-13(9-7-11)19-10-15(18)17-14-5-3-4-12(2)16-14/h3-9H,10H2,1-2H3,(H,16,17,18). The molecule has 2 rings (SSSR count). The van der Waals surface area contributed by atoms with E-state index < -0.39 is 0 Å². The molecular weight excluding hydrogens is 256 g/mol. The molecule has 0 unspecified atom stereocenters. The summed E-state index contributed by atoms with van der Waals surface area (Å²) in [6.45, 7) is 3.95. The highest BCUT2D eigenvalue weighted by molar-refractivity contribution is 8.00. The number of carbonyl (C=O) groups excluding carboxylic acids is 1.